The molecule has 1 rings (SSSR count). The van der Waals surface area contributed by atoms with Crippen LogP contribution >= 0.6 is 0 Å². The van der Waals surface area contributed by atoms with Gasteiger partial charge in [-0.3, -0.25) is 0 Å². The fourth-order valence-corrected chi connectivity index (χ4v) is 2.08. The highest BCUT2D eigenvalue weighted by atomic mass is 16.5. The van der Waals surface area contributed by atoms with Gasteiger partial charge in [0, 0.05) is 13.7 Å². The molecule has 17 heavy (non-hydrogen) atoms. The summed E-state index contributed by atoms with van der Waals surface area (Å²) in [5.41, 5.74) is 2.74. The highest BCUT2D eigenvalue weighted by molar-refractivity contribution is 5.25. The van der Waals surface area contributed by atoms with Crippen LogP contribution in [0.4, 0.5) is 0 Å². The maximum absolute atomic E-state index is 5.38. The smallest absolute Gasteiger partial charge is 0.0549 e. The molecule has 0 aliphatic rings. The molecular formula is C15H25NO. The van der Waals surface area contributed by atoms with E-state index in [1.807, 2.05) is 0 Å². The maximum Gasteiger partial charge on any atom is 0.0549 e. The third-order valence-corrected chi connectivity index (χ3v) is 3.17. The molecular weight excluding hydrogens is 210 g/mol. The number of likely N-dealkylation sites (N-methyl/N-ethyl adjacent to an activating group) is 1. The van der Waals surface area contributed by atoms with Crippen LogP contribution in [0.3, 0.4) is 0 Å². The SMILES string of the molecule is CCNCC(CC(C)OC)c1cccc(C)c1. The molecule has 1 aromatic carbocycles. The number of aryl methyl sites for hydroxylation is 1. The van der Waals surface area contributed by atoms with Crippen LogP contribution in [-0.4, -0.2) is 26.3 Å². The lowest BCUT2D eigenvalue weighted by Gasteiger charge is -2.21. The Morgan fingerprint density at radius 3 is 2.71 bits per heavy atom. The topological polar surface area (TPSA) is 21.3 Å². The van der Waals surface area contributed by atoms with Crippen LogP contribution in [0.5, 0.6) is 0 Å². The number of hydrogen-bond donors (Lipinski definition) is 1. The van der Waals surface area contributed by atoms with Crippen molar-refractivity contribution in [1.82, 2.24) is 5.32 Å². The predicted molar refractivity (Wildman–Crippen MR) is 73.6 cm³/mol. The summed E-state index contributed by atoms with van der Waals surface area (Å²) in [4.78, 5) is 0. The van der Waals surface area contributed by atoms with Gasteiger partial charge in [-0.2, -0.15) is 0 Å². The van der Waals surface area contributed by atoms with Crippen LogP contribution in [0.1, 0.15) is 37.3 Å². The minimum absolute atomic E-state index is 0.305. The van der Waals surface area contributed by atoms with Gasteiger partial charge in [0.1, 0.15) is 0 Å². The van der Waals surface area contributed by atoms with E-state index in [1.54, 1.807) is 7.11 Å². The Balaban J connectivity index is 2.74. The van der Waals surface area contributed by atoms with Crippen molar-refractivity contribution in [3.05, 3.63) is 35.4 Å². The highest BCUT2D eigenvalue weighted by Gasteiger charge is 2.14. The van der Waals surface area contributed by atoms with Crippen molar-refractivity contribution in [2.24, 2.45) is 0 Å². The third kappa shape index (κ3) is 4.88. The van der Waals surface area contributed by atoms with Crippen molar-refractivity contribution in [2.75, 3.05) is 20.2 Å². The molecule has 2 heteroatoms. The van der Waals surface area contributed by atoms with Crippen molar-refractivity contribution in [3.8, 4) is 0 Å². The normalized spacial score (nSPS) is 14.6. The zero-order chi connectivity index (χ0) is 12.7. The monoisotopic (exact) mass is 235 g/mol. The summed E-state index contributed by atoms with van der Waals surface area (Å²) in [6.45, 7) is 8.46. The lowest BCUT2D eigenvalue weighted by atomic mass is 9.92. The molecule has 1 N–H and O–H groups in total. The average Bonchev–Trinajstić information content (AvgIpc) is 2.34. The number of methoxy groups -OCH3 is 1. The van der Waals surface area contributed by atoms with E-state index in [9.17, 15) is 0 Å². The van der Waals surface area contributed by atoms with Crippen LogP contribution in [0.15, 0.2) is 24.3 Å². The van der Waals surface area contributed by atoms with E-state index < -0.39 is 0 Å². The molecule has 2 nitrogen and oxygen atoms in total. The second-order valence-electron chi connectivity index (χ2n) is 4.70. The van der Waals surface area contributed by atoms with Gasteiger partial charge in [-0.15, -0.1) is 0 Å². The van der Waals surface area contributed by atoms with Gasteiger partial charge in [0.05, 0.1) is 6.10 Å². The van der Waals surface area contributed by atoms with Crippen LogP contribution in [0, 0.1) is 6.92 Å². The maximum atomic E-state index is 5.38. The van der Waals surface area contributed by atoms with E-state index in [0.717, 1.165) is 19.5 Å². The molecule has 0 aliphatic carbocycles. The summed E-state index contributed by atoms with van der Waals surface area (Å²) >= 11 is 0. The first-order valence-electron chi connectivity index (χ1n) is 6.47. The second-order valence-corrected chi connectivity index (χ2v) is 4.70. The number of nitrogens with one attached hydrogen (secondary N) is 1. The van der Waals surface area contributed by atoms with Gasteiger partial charge in [-0.25, -0.2) is 0 Å². The zero-order valence-corrected chi connectivity index (χ0v) is 11.5. The Bertz CT molecular complexity index is 324. The molecule has 0 amide bonds. The minimum Gasteiger partial charge on any atom is -0.382 e. The van der Waals surface area contributed by atoms with Gasteiger partial charge >= 0.3 is 0 Å². The van der Waals surface area contributed by atoms with Gasteiger partial charge in [0.25, 0.3) is 0 Å². The van der Waals surface area contributed by atoms with Gasteiger partial charge in [-0.1, -0.05) is 36.8 Å². The van der Waals surface area contributed by atoms with Crippen molar-refractivity contribution in [2.45, 2.75) is 39.2 Å². The second kappa shape index (κ2) is 7.46. The molecule has 0 heterocycles. The number of rotatable bonds is 7. The first-order chi connectivity index (χ1) is 8.17. The van der Waals surface area contributed by atoms with Crippen LogP contribution in [0.2, 0.25) is 0 Å². The molecule has 96 valence electrons. The quantitative estimate of drug-likeness (QED) is 0.784. The van der Waals surface area contributed by atoms with E-state index in [-0.39, 0.29) is 0 Å². The number of ether oxygens (including phenoxy) is 1. The molecule has 0 aromatic heterocycles. The van der Waals surface area contributed by atoms with E-state index in [0.29, 0.717) is 12.0 Å². The average molecular weight is 235 g/mol. The summed E-state index contributed by atoms with van der Waals surface area (Å²) in [6.07, 6.45) is 1.37. The van der Waals surface area contributed by atoms with Crippen LogP contribution in [0.25, 0.3) is 0 Å². The Kier molecular flexibility index (Phi) is 6.23. The Hall–Kier alpha value is -0.860. The van der Waals surface area contributed by atoms with Crippen molar-refractivity contribution >= 4 is 0 Å². The van der Waals surface area contributed by atoms with Gasteiger partial charge < -0.3 is 10.1 Å². The van der Waals surface area contributed by atoms with Gasteiger partial charge in [0.15, 0.2) is 0 Å². The van der Waals surface area contributed by atoms with Crippen molar-refractivity contribution in [1.29, 1.82) is 0 Å². The minimum atomic E-state index is 0.305. The Morgan fingerprint density at radius 2 is 2.12 bits per heavy atom. The summed E-state index contributed by atoms with van der Waals surface area (Å²) in [7, 11) is 1.78. The summed E-state index contributed by atoms with van der Waals surface area (Å²) in [5, 5.41) is 3.44. The molecule has 0 saturated heterocycles. The summed E-state index contributed by atoms with van der Waals surface area (Å²) in [5.74, 6) is 0.532. The van der Waals surface area contributed by atoms with Gasteiger partial charge in [-0.05, 0) is 38.3 Å². The number of benzene rings is 1. The van der Waals surface area contributed by atoms with E-state index in [1.165, 1.54) is 11.1 Å². The van der Waals surface area contributed by atoms with Crippen LogP contribution < -0.4 is 5.32 Å². The van der Waals surface area contributed by atoms with E-state index >= 15 is 0 Å². The van der Waals surface area contributed by atoms with Crippen molar-refractivity contribution < 1.29 is 4.74 Å². The third-order valence-electron chi connectivity index (χ3n) is 3.17. The van der Waals surface area contributed by atoms with Gasteiger partial charge in [0.2, 0.25) is 0 Å². The first-order valence-corrected chi connectivity index (χ1v) is 6.47. The van der Waals surface area contributed by atoms with E-state index in [2.05, 4.69) is 50.4 Å². The summed E-state index contributed by atoms with van der Waals surface area (Å²) in [6, 6.07) is 8.79. The molecule has 0 saturated carbocycles. The molecule has 1 aromatic rings. The van der Waals surface area contributed by atoms with Crippen molar-refractivity contribution in [3.63, 3.8) is 0 Å². The lowest BCUT2D eigenvalue weighted by molar-refractivity contribution is 0.104. The molecule has 2 atom stereocenters. The largest absolute Gasteiger partial charge is 0.382 e. The molecule has 0 fully saturated rings. The fraction of sp³-hybridized carbons (Fsp3) is 0.600. The Morgan fingerprint density at radius 1 is 1.35 bits per heavy atom. The predicted octanol–water partition coefficient (Wildman–Crippen LogP) is 3.11. The molecule has 0 radical (unpaired) electrons. The first kappa shape index (κ1) is 14.2. The standard InChI is InChI=1S/C15H25NO/c1-5-16-11-15(10-13(3)17-4)14-8-6-7-12(2)9-14/h6-9,13,15-16H,5,10-11H2,1-4H3. The fourth-order valence-electron chi connectivity index (χ4n) is 2.08. The lowest BCUT2D eigenvalue weighted by Crippen LogP contribution is -2.24. The molecule has 0 bridgehead atoms. The number of hydrogen-bond acceptors (Lipinski definition) is 2. The zero-order valence-electron chi connectivity index (χ0n) is 11.5. The molecule has 2 unspecified atom stereocenters. The van der Waals surface area contributed by atoms with Crippen LogP contribution in [-0.2, 0) is 4.74 Å². The highest BCUT2D eigenvalue weighted by Crippen LogP contribution is 2.22. The molecule has 0 aliphatic heterocycles. The van der Waals surface area contributed by atoms with E-state index in [4.69, 9.17) is 4.74 Å². The molecule has 0 spiro atoms. The summed E-state index contributed by atoms with van der Waals surface area (Å²) < 4.78 is 5.38. The Labute approximate surface area is 105 Å².